The summed E-state index contributed by atoms with van der Waals surface area (Å²) in [5.41, 5.74) is 0.975. The Bertz CT molecular complexity index is 525. The van der Waals surface area contributed by atoms with Crippen LogP contribution in [0.3, 0.4) is 0 Å². The highest BCUT2D eigenvalue weighted by molar-refractivity contribution is 6.30. The molecule has 1 aliphatic heterocycles. The summed E-state index contributed by atoms with van der Waals surface area (Å²) in [6.45, 7) is 7.71. The monoisotopic (exact) mass is 310 g/mol. The topological polar surface area (TPSA) is 41.6 Å². The van der Waals surface area contributed by atoms with Gasteiger partial charge in [-0.05, 0) is 39.0 Å². The molecule has 1 saturated heterocycles. The van der Waals surface area contributed by atoms with Crippen molar-refractivity contribution in [3.63, 3.8) is 0 Å². The Labute approximate surface area is 131 Å². The van der Waals surface area contributed by atoms with Crippen molar-refractivity contribution in [3.05, 3.63) is 28.8 Å². The molecule has 0 aliphatic carbocycles. The minimum atomic E-state index is -0.385. The van der Waals surface area contributed by atoms with E-state index in [0.717, 1.165) is 24.3 Å². The zero-order chi connectivity index (χ0) is 15.6. The highest BCUT2D eigenvalue weighted by atomic mass is 35.5. The molecular formula is C16H23ClN2O2. The number of likely N-dealkylation sites (N-methyl/N-ethyl adjacent to an activating group) is 1. The van der Waals surface area contributed by atoms with Crippen molar-refractivity contribution in [2.24, 2.45) is 0 Å². The van der Waals surface area contributed by atoms with Crippen molar-refractivity contribution in [2.45, 2.75) is 45.4 Å². The molecule has 5 heteroatoms. The molecule has 116 valence electrons. The van der Waals surface area contributed by atoms with Crippen molar-refractivity contribution in [1.82, 2.24) is 10.2 Å². The lowest BCUT2D eigenvalue weighted by molar-refractivity contribution is -0.132. The van der Waals surface area contributed by atoms with Gasteiger partial charge in [-0.25, -0.2) is 0 Å². The number of carbonyl (C=O) groups is 1. The lowest BCUT2D eigenvalue weighted by atomic mass is 10.1. The fraction of sp³-hybridized carbons (Fsp3) is 0.562. The first-order valence-corrected chi connectivity index (χ1v) is 7.59. The molecule has 0 spiro atoms. The van der Waals surface area contributed by atoms with Gasteiger partial charge in [-0.1, -0.05) is 11.6 Å². The Balaban J connectivity index is 2.13. The third-order valence-corrected chi connectivity index (χ3v) is 3.71. The van der Waals surface area contributed by atoms with Gasteiger partial charge < -0.3 is 15.0 Å². The molecule has 1 aliphatic rings. The predicted molar refractivity (Wildman–Crippen MR) is 84.7 cm³/mol. The summed E-state index contributed by atoms with van der Waals surface area (Å²) in [7, 11) is 1.80. The summed E-state index contributed by atoms with van der Waals surface area (Å²) in [5.74, 6) is 0.768. The maximum atomic E-state index is 12.0. The molecule has 1 atom stereocenters. The number of carbonyl (C=O) groups excluding carboxylic acids is 1. The minimum Gasteiger partial charge on any atom is -0.480 e. The van der Waals surface area contributed by atoms with Crippen molar-refractivity contribution < 1.29 is 9.53 Å². The van der Waals surface area contributed by atoms with Gasteiger partial charge in [0, 0.05) is 42.7 Å². The van der Waals surface area contributed by atoms with E-state index in [-0.39, 0.29) is 17.6 Å². The van der Waals surface area contributed by atoms with Gasteiger partial charge in [-0.3, -0.25) is 4.79 Å². The number of nitrogens with zero attached hydrogens (tertiary/aromatic N) is 1. The predicted octanol–water partition coefficient (Wildman–Crippen LogP) is 2.84. The summed E-state index contributed by atoms with van der Waals surface area (Å²) in [6.07, 6.45) is 0.342. The lowest BCUT2D eigenvalue weighted by Gasteiger charge is -2.22. The van der Waals surface area contributed by atoms with E-state index in [2.05, 4.69) is 26.1 Å². The molecule has 1 aromatic rings. The number of likely N-dealkylation sites (tertiary alicyclic amines) is 1. The zero-order valence-electron chi connectivity index (χ0n) is 13.1. The van der Waals surface area contributed by atoms with Gasteiger partial charge in [0.25, 0.3) is 5.91 Å². The summed E-state index contributed by atoms with van der Waals surface area (Å²) in [4.78, 5) is 13.7. The Morgan fingerprint density at radius 1 is 1.43 bits per heavy atom. The van der Waals surface area contributed by atoms with E-state index < -0.39 is 0 Å². The second-order valence-electron chi connectivity index (χ2n) is 6.51. The molecule has 1 N–H and O–H groups in total. The Kier molecular flexibility index (Phi) is 4.79. The first-order valence-electron chi connectivity index (χ1n) is 7.21. The van der Waals surface area contributed by atoms with Crippen LogP contribution in [0.4, 0.5) is 0 Å². The van der Waals surface area contributed by atoms with Crippen LogP contribution in [0.15, 0.2) is 18.2 Å². The quantitative estimate of drug-likeness (QED) is 0.930. The first kappa shape index (κ1) is 16.1. The van der Waals surface area contributed by atoms with Crippen LogP contribution in [-0.4, -0.2) is 36.0 Å². The van der Waals surface area contributed by atoms with Gasteiger partial charge in [0.15, 0.2) is 6.10 Å². The fourth-order valence-corrected chi connectivity index (χ4v) is 2.41. The molecule has 4 nitrogen and oxygen atoms in total. The minimum absolute atomic E-state index is 0.00296. The molecule has 1 heterocycles. The largest absolute Gasteiger partial charge is 0.480 e. The summed E-state index contributed by atoms with van der Waals surface area (Å²) < 4.78 is 5.92. The number of ether oxygens (including phenoxy) is 1. The number of hydrogen-bond donors (Lipinski definition) is 1. The number of rotatable bonds is 4. The number of halogens is 1. The Morgan fingerprint density at radius 3 is 2.71 bits per heavy atom. The molecule has 1 aromatic carbocycles. The van der Waals surface area contributed by atoms with Crippen LogP contribution < -0.4 is 10.1 Å². The van der Waals surface area contributed by atoms with Gasteiger partial charge in [-0.15, -0.1) is 0 Å². The van der Waals surface area contributed by atoms with Crippen molar-refractivity contribution in [3.8, 4) is 5.75 Å². The van der Waals surface area contributed by atoms with Crippen LogP contribution in [0, 0.1) is 0 Å². The Hall–Kier alpha value is -1.26. The number of amides is 1. The molecule has 0 saturated carbocycles. The fourth-order valence-electron chi connectivity index (χ4n) is 2.21. The molecular weight excluding hydrogens is 288 g/mol. The van der Waals surface area contributed by atoms with Gasteiger partial charge in [0.1, 0.15) is 5.75 Å². The van der Waals surface area contributed by atoms with Crippen molar-refractivity contribution in [2.75, 3.05) is 13.6 Å². The number of hydrogen-bond acceptors (Lipinski definition) is 3. The van der Waals surface area contributed by atoms with E-state index in [1.807, 2.05) is 12.1 Å². The van der Waals surface area contributed by atoms with E-state index in [4.69, 9.17) is 16.3 Å². The van der Waals surface area contributed by atoms with E-state index in [1.165, 1.54) is 0 Å². The standard InChI is InChI=1S/C16H23ClN2O2/c1-16(2,3)18-10-11-9-12(17)5-6-13(11)21-14-7-8-19(4)15(14)20/h5-6,9,14,18H,7-8,10H2,1-4H3. The molecule has 0 bridgehead atoms. The SMILES string of the molecule is CN1CCC(Oc2ccc(Cl)cc2CNC(C)(C)C)C1=O. The molecule has 1 amide bonds. The summed E-state index contributed by atoms with van der Waals surface area (Å²) in [5, 5.41) is 4.09. The van der Waals surface area contributed by atoms with Crippen molar-refractivity contribution in [1.29, 1.82) is 0 Å². The molecule has 1 unspecified atom stereocenters. The van der Waals surface area contributed by atoms with E-state index in [1.54, 1.807) is 18.0 Å². The van der Waals surface area contributed by atoms with Crippen molar-refractivity contribution >= 4 is 17.5 Å². The average Bonchev–Trinajstić information content (AvgIpc) is 2.70. The van der Waals surface area contributed by atoms with E-state index >= 15 is 0 Å². The van der Waals surface area contributed by atoms with Gasteiger partial charge in [-0.2, -0.15) is 0 Å². The smallest absolute Gasteiger partial charge is 0.263 e. The van der Waals surface area contributed by atoms with Crippen LogP contribution in [0.2, 0.25) is 5.02 Å². The average molecular weight is 311 g/mol. The van der Waals surface area contributed by atoms with Crippen LogP contribution in [0.25, 0.3) is 0 Å². The second-order valence-corrected chi connectivity index (χ2v) is 6.95. The van der Waals surface area contributed by atoms with E-state index in [9.17, 15) is 4.79 Å². The number of nitrogens with one attached hydrogen (secondary N) is 1. The first-order chi connectivity index (χ1) is 9.76. The van der Waals surface area contributed by atoms with Gasteiger partial charge in [0.05, 0.1) is 0 Å². The van der Waals surface area contributed by atoms with Crippen LogP contribution in [0.1, 0.15) is 32.8 Å². The van der Waals surface area contributed by atoms with Crippen LogP contribution in [-0.2, 0) is 11.3 Å². The molecule has 0 radical (unpaired) electrons. The molecule has 21 heavy (non-hydrogen) atoms. The Morgan fingerprint density at radius 2 is 2.14 bits per heavy atom. The zero-order valence-corrected chi connectivity index (χ0v) is 13.8. The highest BCUT2D eigenvalue weighted by Gasteiger charge is 2.31. The normalized spacial score (nSPS) is 19.2. The maximum Gasteiger partial charge on any atom is 0.263 e. The molecule has 0 aromatic heterocycles. The third kappa shape index (κ3) is 4.35. The van der Waals surface area contributed by atoms with Crippen LogP contribution in [0.5, 0.6) is 5.75 Å². The maximum absolute atomic E-state index is 12.0. The van der Waals surface area contributed by atoms with Crippen LogP contribution >= 0.6 is 11.6 Å². The molecule has 1 fully saturated rings. The third-order valence-electron chi connectivity index (χ3n) is 3.48. The van der Waals surface area contributed by atoms with Gasteiger partial charge >= 0.3 is 0 Å². The highest BCUT2D eigenvalue weighted by Crippen LogP contribution is 2.26. The second kappa shape index (κ2) is 6.24. The van der Waals surface area contributed by atoms with Gasteiger partial charge in [0.2, 0.25) is 0 Å². The lowest BCUT2D eigenvalue weighted by Crippen LogP contribution is -2.35. The summed E-state index contributed by atoms with van der Waals surface area (Å²) in [6, 6.07) is 5.52. The van der Waals surface area contributed by atoms with E-state index in [0.29, 0.717) is 11.6 Å². The summed E-state index contributed by atoms with van der Waals surface area (Å²) >= 11 is 6.08. The number of benzene rings is 1. The molecule has 2 rings (SSSR count).